The van der Waals surface area contributed by atoms with Gasteiger partial charge < -0.3 is 14.9 Å². The molecular weight excluding hydrogens is 340 g/mol. The molecule has 0 saturated carbocycles. The fraction of sp³-hybridized carbons (Fsp3) is 0.273. The number of carbonyl (C=O) groups excluding carboxylic acids is 2. The van der Waals surface area contributed by atoms with Crippen LogP contribution in [-0.2, 0) is 9.59 Å². The summed E-state index contributed by atoms with van der Waals surface area (Å²) in [6, 6.07) is 7.38. The summed E-state index contributed by atoms with van der Waals surface area (Å²) >= 11 is 0. The van der Waals surface area contributed by atoms with Crippen molar-refractivity contribution in [3.8, 4) is 0 Å². The number of aliphatic hydroxyl groups excluding tert-OH is 1. The zero-order chi connectivity index (χ0) is 19.7. The van der Waals surface area contributed by atoms with E-state index in [-0.39, 0.29) is 34.0 Å². The predicted molar refractivity (Wildman–Crippen MR) is 108 cm³/mol. The van der Waals surface area contributed by atoms with Crippen LogP contribution in [0.3, 0.4) is 0 Å². The van der Waals surface area contributed by atoms with E-state index in [1.165, 1.54) is 6.08 Å². The van der Waals surface area contributed by atoms with Crippen LogP contribution in [0, 0.1) is 0 Å². The molecule has 1 aromatic carbocycles. The second-order valence-electron chi connectivity index (χ2n) is 6.72. The van der Waals surface area contributed by atoms with E-state index in [9.17, 15) is 14.7 Å². The van der Waals surface area contributed by atoms with Crippen molar-refractivity contribution in [1.29, 1.82) is 0 Å². The van der Waals surface area contributed by atoms with Crippen molar-refractivity contribution in [3.63, 3.8) is 0 Å². The van der Waals surface area contributed by atoms with Gasteiger partial charge in [0.1, 0.15) is 5.76 Å². The Morgan fingerprint density at radius 2 is 1.56 bits per heavy atom. The third-order valence-corrected chi connectivity index (χ3v) is 4.96. The maximum atomic E-state index is 12.7. The molecule has 27 heavy (non-hydrogen) atoms. The maximum Gasteiger partial charge on any atom is 0.201 e. The van der Waals surface area contributed by atoms with Crippen molar-refractivity contribution in [2.75, 3.05) is 32.1 Å². The third-order valence-electron chi connectivity index (χ3n) is 4.96. The zero-order valence-electron chi connectivity index (χ0n) is 16.1. The van der Waals surface area contributed by atoms with Crippen LogP contribution in [0.4, 0.5) is 5.69 Å². The molecule has 0 aliphatic heterocycles. The highest BCUT2D eigenvalue weighted by atomic mass is 16.3. The Morgan fingerprint density at radius 1 is 0.926 bits per heavy atom. The molecule has 1 aromatic rings. The lowest BCUT2D eigenvalue weighted by Crippen LogP contribution is -2.27. The van der Waals surface area contributed by atoms with Crippen LogP contribution in [0.25, 0.3) is 5.57 Å². The lowest BCUT2D eigenvalue weighted by molar-refractivity contribution is -0.114. The molecule has 140 valence electrons. The molecule has 0 bridgehead atoms. The van der Waals surface area contributed by atoms with Gasteiger partial charge in [-0.1, -0.05) is 12.1 Å². The first kappa shape index (κ1) is 18.7. The number of anilines is 1. The van der Waals surface area contributed by atoms with Crippen LogP contribution < -0.4 is 4.90 Å². The molecular formula is C22H24N2O3. The third kappa shape index (κ3) is 3.21. The Morgan fingerprint density at radius 3 is 2.04 bits per heavy atom. The highest BCUT2D eigenvalue weighted by molar-refractivity contribution is 6.41. The summed E-state index contributed by atoms with van der Waals surface area (Å²) in [5.74, 6) is -0.653. The largest absolute Gasteiger partial charge is 0.506 e. The van der Waals surface area contributed by atoms with E-state index in [2.05, 4.69) is 4.90 Å². The van der Waals surface area contributed by atoms with E-state index in [1.54, 1.807) is 18.2 Å². The van der Waals surface area contributed by atoms with Gasteiger partial charge in [0.05, 0.1) is 11.1 Å². The molecule has 0 unspecified atom stereocenters. The Kier molecular flexibility index (Phi) is 5.04. The van der Waals surface area contributed by atoms with Crippen molar-refractivity contribution < 1.29 is 14.7 Å². The number of Topliss-reactive ketones (excluding diaryl/α,β-unsaturated/α-hetero) is 1. The number of likely N-dealkylation sites (N-methyl/N-ethyl adjacent to an activating group) is 1. The number of carbonyl (C=O) groups is 2. The number of aliphatic hydroxyl groups is 1. The first-order valence-corrected chi connectivity index (χ1v) is 9.08. The fourth-order valence-corrected chi connectivity index (χ4v) is 3.35. The minimum Gasteiger partial charge on any atom is -0.506 e. The molecule has 1 N–H and O–H groups in total. The summed E-state index contributed by atoms with van der Waals surface area (Å²) < 4.78 is 0. The van der Waals surface area contributed by atoms with Gasteiger partial charge in [0.2, 0.25) is 5.78 Å². The molecule has 3 rings (SSSR count). The molecule has 5 nitrogen and oxygen atoms in total. The van der Waals surface area contributed by atoms with E-state index in [4.69, 9.17) is 0 Å². The standard InChI is InChI=1S/C22H24N2O3/c1-5-24(6-2)16-11-12-17(18(25)13-16)20-21(26)19(22(20)27)14-7-9-15(10-8-14)23(3)4/h7-13,26H,5-6H2,1-4H3/b20-17-. The van der Waals surface area contributed by atoms with Crippen LogP contribution in [-0.4, -0.2) is 48.8 Å². The fourth-order valence-electron chi connectivity index (χ4n) is 3.35. The average molecular weight is 364 g/mol. The molecule has 0 aromatic heterocycles. The molecule has 0 saturated heterocycles. The molecule has 0 spiro atoms. The van der Waals surface area contributed by atoms with Crippen molar-refractivity contribution in [3.05, 3.63) is 70.7 Å². The maximum absolute atomic E-state index is 12.7. The minimum atomic E-state index is -0.294. The average Bonchev–Trinajstić information content (AvgIpc) is 2.65. The number of hydrogen-bond acceptors (Lipinski definition) is 5. The Balaban J connectivity index is 1.93. The summed E-state index contributed by atoms with van der Waals surface area (Å²) in [7, 11) is 3.87. The number of nitrogens with zero attached hydrogens (tertiary/aromatic N) is 2. The second kappa shape index (κ2) is 7.27. The number of benzene rings is 1. The molecule has 0 amide bonds. The van der Waals surface area contributed by atoms with Crippen molar-refractivity contribution >= 4 is 22.8 Å². The number of rotatable bonds is 5. The Bertz CT molecular complexity index is 911. The second-order valence-corrected chi connectivity index (χ2v) is 6.72. The van der Waals surface area contributed by atoms with Crippen LogP contribution in [0.2, 0.25) is 0 Å². The lowest BCUT2D eigenvalue weighted by atomic mass is 9.79. The summed E-state index contributed by atoms with van der Waals surface area (Å²) in [5.41, 5.74) is 3.11. The van der Waals surface area contributed by atoms with Gasteiger partial charge in [-0.2, -0.15) is 0 Å². The van der Waals surface area contributed by atoms with E-state index >= 15 is 0 Å². The molecule has 0 heterocycles. The minimum absolute atomic E-state index is 0.106. The first-order valence-electron chi connectivity index (χ1n) is 9.08. The van der Waals surface area contributed by atoms with Crippen molar-refractivity contribution in [1.82, 2.24) is 4.90 Å². The van der Waals surface area contributed by atoms with Gasteiger partial charge in [-0.05, 0) is 43.7 Å². The predicted octanol–water partition coefficient (Wildman–Crippen LogP) is 3.27. The van der Waals surface area contributed by atoms with Crippen molar-refractivity contribution in [2.45, 2.75) is 13.8 Å². The highest BCUT2D eigenvalue weighted by Gasteiger charge is 2.38. The molecule has 2 aliphatic carbocycles. The Hall–Kier alpha value is -3.08. The molecule has 0 fully saturated rings. The van der Waals surface area contributed by atoms with Gasteiger partial charge in [0.15, 0.2) is 5.78 Å². The molecule has 5 heteroatoms. The van der Waals surface area contributed by atoms with Gasteiger partial charge >= 0.3 is 0 Å². The van der Waals surface area contributed by atoms with Crippen molar-refractivity contribution in [2.24, 2.45) is 0 Å². The van der Waals surface area contributed by atoms with Gasteiger partial charge in [-0.3, -0.25) is 9.59 Å². The van der Waals surface area contributed by atoms with E-state index in [0.29, 0.717) is 5.56 Å². The summed E-state index contributed by atoms with van der Waals surface area (Å²) in [5, 5.41) is 10.5. The molecule has 2 aliphatic rings. The summed E-state index contributed by atoms with van der Waals surface area (Å²) in [6.07, 6.45) is 4.98. The van der Waals surface area contributed by atoms with Crippen LogP contribution in [0.5, 0.6) is 0 Å². The van der Waals surface area contributed by atoms with Gasteiger partial charge in [0, 0.05) is 50.2 Å². The van der Waals surface area contributed by atoms with Crippen LogP contribution in [0.15, 0.2) is 65.1 Å². The highest BCUT2D eigenvalue weighted by Crippen LogP contribution is 2.39. The lowest BCUT2D eigenvalue weighted by Gasteiger charge is -2.27. The number of allylic oxidation sites excluding steroid dienone is 6. The Labute approximate surface area is 159 Å². The van der Waals surface area contributed by atoms with E-state index < -0.39 is 0 Å². The van der Waals surface area contributed by atoms with Crippen LogP contribution >= 0.6 is 0 Å². The van der Waals surface area contributed by atoms with Gasteiger partial charge in [-0.15, -0.1) is 0 Å². The topological polar surface area (TPSA) is 60.9 Å². The monoisotopic (exact) mass is 364 g/mol. The first-order chi connectivity index (χ1) is 12.9. The SMILES string of the molecule is CCN(CC)C1=CC(=O)/C(=C2\C(=O)C(c3ccc(N(C)C)cc3)=C2O)C=C1. The number of hydrogen-bond donors (Lipinski definition) is 1. The van der Waals surface area contributed by atoms with E-state index in [0.717, 1.165) is 24.5 Å². The van der Waals surface area contributed by atoms with E-state index in [1.807, 2.05) is 51.1 Å². The van der Waals surface area contributed by atoms with Crippen LogP contribution in [0.1, 0.15) is 19.4 Å². The summed E-state index contributed by atoms with van der Waals surface area (Å²) in [6.45, 7) is 5.63. The van der Waals surface area contributed by atoms with Gasteiger partial charge in [0.25, 0.3) is 0 Å². The quantitative estimate of drug-likeness (QED) is 0.813. The number of ketones is 2. The smallest absolute Gasteiger partial charge is 0.201 e. The van der Waals surface area contributed by atoms with Gasteiger partial charge in [-0.25, -0.2) is 0 Å². The molecule has 0 radical (unpaired) electrons. The summed E-state index contributed by atoms with van der Waals surface area (Å²) in [4.78, 5) is 29.2. The molecule has 0 atom stereocenters. The normalized spacial score (nSPS) is 19.2. The zero-order valence-corrected chi connectivity index (χ0v) is 16.1.